The highest BCUT2D eigenvalue weighted by Gasteiger charge is 2.12. The largest absolute Gasteiger partial charge is 0.478 e. The number of hydrogen-bond acceptors (Lipinski definition) is 3. The van der Waals surface area contributed by atoms with Crippen LogP contribution < -0.4 is 0 Å². The second-order valence-electron chi connectivity index (χ2n) is 4.38. The van der Waals surface area contributed by atoms with Gasteiger partial charge >= 0.3 is 5.97 Å². The summed E-state index contributed by atoms with van der Waals surface area (Å²) in [5, 5.41) is 17.0. The Labute approximate surface area is 109 Å². The van der Waals surface area contributed by atoms with Gasteiger partial charge in [0.05, 0.1) is 5.56 Å². The van der Waals surface area contributed by atoms with E-state index in [1.54, 1.807) is 10.5 Å². The minimum atomic E-state index is -0.969. The molecule has 19 heavy (non-hydrogen) atoms. The third-order valence-corrected chi connectivity index (χ3v) is 3.00. The number of aromatic carboxylic acids is 1. The monoisotopic (exact) mass is 253 g/mol. The van der Waals surface area contributed by atoms with Crippen molar-refractivity contribution in [3.05, 3.63) is 54.0 Å². The van der Waals surface area contributed by atoms with E-state index < -0.39 is 5.97 Å². The number of nitrogens with zero attached hydrogens (tertiary/aromatic N) is 3. The van der Waals surface area contributed by atoms with Crippen molar-refractivity contribution in [2.24, 2.45) is 0 Å². The van der Waals surface area contributed by atoms with Crippen LogP contribution in [0.4, 0.5) is 0 Å². The third-order valence-electron chi connectivity index (χ3n) is 3.00. The lowest BCUT2D eigenvalue weighted by Crippen LogP contribution is -2.00. The van der Waals surface area contributed by atoms with Crippen LogP contribution in [0.2, 0.25) is 0 Å². The first-order valence-electron chi connectivity index (χ1n) is 5.79. The van der Waals surface area contributed by atoms with Crippen LogP contribution in [0.5, 0.6) is 0 Å². The molecule has 3 rings (SSSR count). The molecule has 1 N–H and O–H groups in total. The van der Waals surface area contributed by atoms with E-state index in [4.69, 9.17) is 5.11 Å². The highest BCUT2D eigenvalue weighted by molar-refractivity contribution is 5.91. The van der Waals surface area contributed by atoms with Crippen LogP contribution in [0.3, 0.4) is 0 Å². The van der Waals surface area contributed by atoms with Gasteiger partial charge in [-0.25, -0.2) is 4.79 Å². The molecule has 5 nitrogen and oxygen atoms in total. The Hall–Kier alpha value is -2.69. The maximum Gasteiger partial charge on any atom is 0.337 e. The topological polar surface area (TPSA) is 67.5 Å². The van der Waals surface area contributed by atoms with E-state index in [1.165, 1.54) is 12.5 Å². The number of carbonyl (C=O) groups is 1. The Balaban J connectivity index is 2.29. The fourth-order valence-corrected chi connectivity index (χ4v) is 2.00. The molecule has 0 radical (unpaired) electrons. The van der Waals surface area contributed by atoms with E-state index in [0.717, 1.165) is 16.7 Å². The first-order valence-corrected chi connectivity index (χ1v) is 5.79. The average Bonchev–Trinajstić information content (AvgIpc) is 2.86. The van der Waals surface area contributed by atoms with Gasteiger partial charge in [0.15, 0.2) is 5.65 Å². The molecule has 3 aromatic rings. The summed E-state index contributed by atoms with van der Waals surface area (Å²) in [6, 6.07) is 9.48. The summed E-state index contributed by atoms with van der Waals surface area (Å²) < 4.78 is 1.62. The molecule has 0 aliphatic carbocycles. The predicted octanol–water partition coefficient (Wildman–Crippen LogP) is 2.40. The van der Waals surface area contributed by atoms with Gasteiger partial charge in [0, 0.05) is 11.8 Å². The van der Waals surface area contributed by atoms with Crippen LogP contribution in [0, 0.1) is 6.92 Å². The van der Waals surface area contributed by atoms with Crippen molar-refractivity contribution in [2.75, 3.05) is 0 Å². The molecule has 0 aliphatic heterocycles. The van der Waals surface area contributed by atoms with Gasteiger partial charge in [-0.3, -0.25) is 4.40 Å². The fourth-order valence-electron chi connectivity index (χ4n) is 2.00. The lowest BCUT2D eigenvalue weighted by atomic mass is 10.0. The highest BCUT2D eigenvalue weighted by atomic mass is 16.4. The number of aromatic nitrogens is 3. The zero-order valence-electron chi connectivity index (χ0n) is 10.2. The lowest BCUT2D eigenvalue weighted by Gasteiger charge is -2.06. The molecule has 2 heterocycles. The molecule has 0 saturated carbocycles. The maximum atomic E-state index is 11.1. The van der Waals surface area contributed by atoms with Gasteiger partial charge in [-0.05, 0) is 18.6 Å². The van der Waals surface area contributed by atoms with Crippen LogP contribution in [0.25, 0.3) is 16.8 Å². The number of rotatable bonds is 2. The molecule has 5 heteroatoms. The quantitative estimate of drug-likeness (QED) is 0.761. The molecule has 2 aromatic heterocycles. The Morgan fingerprint density at radius 1 is 1.26 bits per heavy atom. The minimum Gasteiger partial charge on any atom is -0.478 e. The summed E-state index contributed by atoms with van der Waals surface area (Å²) in [5.41, 5.74) is 3.69. The highest BCUT2D eigenvalue weighted by Crippen LogP contribution is 2.25. The molecule has 0 atom stereocenters. The number of fused-ring (bicyclic) bond motifs is 1. The van der Waals surface area contributed by atoms with E-state index in [9.17, 15) is 4.79 Å². The SMILES string of the molecule is Cc1ccc(-c2cc(C(=O)O)cn3cnnc23)cc1. The van der Waals surface area contributed by atoms with Crippen LogP contribution in [-0.4, -0.2) is 25.7 Å². The normalized spacial score (nSPS) is 10.8. The summed E-state index contributed by atoms with van der Waals surface area (Å²) in [6.07, 6.45) is 3.01. The molecular weight excluding hydrogens is 242 g/mol. The van der Waals surface area contributed by atoms with Crippen LogP contribution in [0.15, 0.2) is 42.9 Å². The Morgan fingerprint density at radius 2 is 2.00 bits per heavy atom. The lowest BCUT2D eigenvalue weighted by molar-refractivity contribution is 0.0696. The van der Waals surface area contributed by atoms with Gasteiger partial charge in [-0.1, -0.05) is 29.8 Å². The molecule has 94 valence electrons. The summed E-state index contributed by atoms with van der Waals surface area (Å²) >= 11 is 0. The van der Waals surface area contributed by atoms with Gasteiger partial charge < -0.3 is 5.11 Å². The molecule has 1 aromatic carbocycles. The number of pyridine rings is 1. The minimum absolute atomic E-state index is 0.211. The van der Waals surface area contributed by atoms with Crippen molar-refractivity contribution in [2.45, 2.75) is 6.92 Å². The number of aryl methyl sites for hydroxylation is 1. The summed E-state index contributed by atoms with van der Waals surface area (Å²) in [5.74, 6) is -0.969. The van der Waals surface area contributed by atoms with E-state index in [2.05, 4.69) is 10.2 Å². The van der Waals surface area contributed by atoms with E-state index in [-0.39, 0.29) is 5.56 Å². The number of benzene rings is 1. The maximum absolute atomic E-state index is 11.1. The molecule has 0 bridgehead atoms. The molecule has 0 saturated heterocycles. The second-order valence-corrected chi connectivity index (χ2v) is 4.38. The van der Waals surface area contributed by atoms with Crippen molar-refractivity contribution < 1.29 is 9.90 Å². The fraction of sp³-hybridized carbons (Fsp3) is 0.0714. The molecule has 0 aliphatic rings. The Kier molecular flexibility index (Phi) is 2.52. The Morgan fingerprint density at radius 3 is 2.68 bits per heavy atom. The van der Waals surface area contributed by atoms with Crippen LogP contribution in [-0.2, 0) is 0 Å². The Bertz CT molecular complexity index is 760. The summed E-state index contributed by atoms with van der Waals surface area (Å²) in [6.45, 7) is 2.00. The van der Waals surface area contributed by atoms with Gasteiger partial charge in [0.2, 0.25) is 0 Å². The molecule has 0 unspecified atom stereocenters. The van der Waals surface area contributed by atoms with E-state index in [0.29, 0.717) is 5.65 Å². The number of carboxylic acids is 1. The van der Waals surface area contributed by atoms with Crippen molar-refractivity contribution in [1.29, 1.82) is 0 Å². The van der Waals surface area contributed by atoms with Crippen molar-refractivity contribution in [1.82, 2.24) is 14.6 Å². The zero-order chi connectivity index (χ0) is 13.4. The first-order chi connectivity index (χ1) is 9.15. The summed E-state index contributed by atoms with van der Waals surface area (Å²) in [4.78, 5) is 11.1. The third kappa shape index (κ3) is 1.95. The van der Waals surface area contributed by atoms with Crippen molar-refractivity contribution in [3.63, 3.8) is 0 Å². The standard InChI is InChI=1S/C14H11N3O2/c1-9-2-4-10(5-3-9)12-6-11(14(18)19)7-17-8-15-16-13(12)17/h2-8H,1H3,(H,18,19). The smallest absolute Gasteiger partial charge is 0.337 e. The molecule has 0 amide bonds. The van der Waals surface area contributed by atoms with Gasteiger partial charge in [-0.15, -0.1) is 10.2 Å². The second kappa shape index (κ2) is 4.20. The molecular formula is C14H11N3O2. The average molecular weight is 253 g/mol. The summed E-state index contributed by atoms with van der Waals surface area (Å²) in [7, 11) is 0. The predicted molar refractivity (Wildman–Crippen MR) is 70.1 cm³/mol. The first kappa shape index (κ1) is 11.4. The van der Waals surface area contributed by atoms with Crippen LogP contribution in [0.1, 0.15) is 15.9 Å². The van der Waals surface area contributed by atoms with Crippen molar-refractivity contribution in [3.8, 4) is 11.1 Å². The van der Waals surface area contributed by atoms with E-state index >= 15 is 0 Å². The number of hydrogen-bond donors (Lipinski definition) is 1. The molecule has 0 spiro atoms. The van der Waals surface area contributed by atoms with Gasteiger partial charge in [0.25, 0.3) is 0 Å². The molecule has 0 fully saturated rings. The number of carboxylic acid groups (broad SMARTS) is 1. The van der Waals surface area contributed by atoms with E-state index in [1.807, 2.05) is 31.2 Å². The van der Waals surface area contributed by atoms with Crippen molar-refractivity contribution >= 4 is 11.6 Å². The van der Waals surface area contributed by atoms with Crippen LogP contribution >= 0.6 is 0 Å². The van der Waals surface area contributed by atoms with Gasteiger partial charge in [0.1, 0.15) is 6.33 Å². The van der Waals surface area contributed by atoms with Gasteiger partial charge in [-0.2, -0.15) is 0 Å². The zero-order valence-corrected chi connectivity index (χ0v) is 10.2.